The van der Waals surface area contributed by atoms with E-state index in [2.05, 4.69) is 27.3 Å². The molecule has 8 nitrogen and oxygen atoms in total. The van der Waals surface area contributed by atoms with E-state index in [9.17, 15) is 9.90 Å². The summed E-state index contributed by atoms with van der Waals surface area (Å²) in [7, 11) is 1.74. The molecule has 2 aliphatic rings. The molecule has 6 rings (SSSR count). The second-order valence-electron chi connectivity index (χ2n) is 9.85. The zero-order chi connectivity index (χ0) is 26.9. The minimum absolute atomic E-state index is 0.189. The maximum absolute atomic E-state index is 13.7. The summed E-state index contributed by atoms with van der Waals surface area (Å²) in [6.45, 7) is 2.02. The number of nitrogens with zero attached hydrogens (tertiary/aromatic N) is 5. The van der Waals surface area contributed by atoms with Crippen LogP contribution in [-0.4, -0.2) is 47.3 Å². The summed E-state index contributed by atoms with van der Waals surface area (Å²) in [5.74, 6) is 0.442. The number of carbonyl (C=O) groups is 1. The van der Waals surface area contributed by atoms with Gasteiger partial charge in [0.1, 0.15) is 5.69 Å². The van der Waals surface area contributed by atoms with Gasteiger partial charge in [-0.1, -0.05) is 48.0 Å². The number of piperidine rings is 1. The van der Waals surface area contributed by atoms with Crippen molar-refractivity contribution in [2.24, 2.45) is 0 Å². The van der Waals surface area contributed by atoms with Crippen molar-refractivity contribution < 1.29 is 9.90 Å². The second kappa shape index (κ2) is 10.6. The number of anilines is 5. The van der Waals surface area contributed by atoms with Crippen molar-refractivity contribution in [3.05, 3.63) is 89.6 Å². The van der Waals surface area contributed by atoms with Gasteiger partial charge in [0.15, 0.2) is 0 Å². The molecular formula is C30H29ClN6O2. The molecule has 0 bridgehead atoms. The summed E-state index contributed by atoms with van der Waals surface area (Å²) in [6.07, 6.45) is 3.07. The first kappa shape index (κ1) is 25.2. The molecule has 1 aromatic heterocycles. The van der Waals surface area contributed by atoms with E-state index < -0.39 is 0 Å². The summed E-state index contributed by atoms with van der Waals surface area (Å²) in [4.78, 5) is 28.7. The van der Waals surface area contributed by atoms with E-state index in [4.69, 9.17) is 16.6 Å². The lowest BCUT2D eigenvalue weighted by molar-refractivity contribution is 0.145. The monoisotopic (exact) mass is 540 g/mol. The number of para-hydroxylation sites is 1. The predicted molar refractivity (Wildman–Crippen MR) is 156 cm³/mol. The smallest absolute Gasteiger partial charge is 0.329 e. The zero-order valence-electron chi connectivity index (χ0n) is 21.6. The fourth-order valence-electron chi connectivity index (χ4n) is 5.13. The van der Waals surface area contributed by atoms with Crippen molar-refractivity contribution in [1.29, 1.82) is 0 Å². The average molecular weight is 541 g/mol. The van der Waals surface area contributed by atoms with Gasteiger partial charge in [-0.15, -0.1) is 0 Å². The van der Waals surface area contributed by atoms with Gasteiger partial charge in [-0.2, -0.15) is 0 Å². The molecule has 3 heterocycles. The second-order valence-corrected chi connectivity index (χ2v) is 10.3. The Hall–Kier alpha value is -4.14. The van der Waals surface area contributed by atoms with E-state index >= 15 is 0 Å². The van der Waals surface area contributed by atoms with Gasteiger partial charge in [0.25, 0.3) is 0 Å². The molecule has 0 spiro atoms. The standard InChI is InChI=1S/C30H29ClN6O2/c1-35-27-18-32-29(33-21-10-12-22(13-11-21)36-16-14-23(38)15-17-36)34-28(27)24-7-3-5-9-26(24)37(30(35)39)19-20-6-2-4-8-25(20)31/h2-13,18,23,38H,14-17,19H2,1H3,(H,32,33,34). The third-order valence-corrected chi connectivity index (χ3v) is 7.71. The Balaban J connectivity index is 1.30. The van der Waals surface area contributed by atoms with Crippen LogP contribution in [0.2, 0.25) is 5.02 Å². The van der Waals surface area contributed by atoms with Crippen LogP contribution in [0.4, 0.5) is 33.5 Å². The van der Waals surface area contributed by atoms with Crippen LogP contribution in [0.25, 0.3) is 11.3 Å². The van der Waals surface area contributed by atoms with Crippen molar-refractivity contribution in [3.63, 3.8) is 0 Å². The number of fused-ring (bicyclic) bond motifs is 3. The highest BCUT2D eigenvalue weighted by Gasteiger charge is 2.31. The number of amides is 2. The highest BCUT2D eigenvalue weighted by atomic mass is 35.5. The van der Waals surface area contributed by atoms with Crippen molar-refractivity contribution in [3.8, 4) is 11.3 Å². The Kier molecular flexibility index (Phi) is 6.81. The maximum atomic E-state index is 13.7. The fourth-order valence-corrected chi connectivity index (χ4v) is 5.33. The third kappa shape index (κ3) is 5.01. The first-order valence-corrected chi connectivity index (χ1v) is 13.4. The fraction of sp³-hybridized carbons (Fsp3) is 0.233. The molecule has 1 saturated heterocycles. The van der Waals surface area contributed by atoms with Gasteiger partial charge in [-0.3, -0.25) is 9.80 Å². The highest BCUT2D eigenvalue weighted by molar-refractivity contribution is 6.31. The van der Waals surface area contributed by atoms with Gasteiger partial charge in [0, 0.05) is 42.1 Å². The van der Waals surface area contributed by atoms with E-state index in [-0.39, 0.29) is 12.1 Å². The Morgan fingerprint density at radius 1 is 0.974 bits per heavy atom. The van der Waals surface area contributed by atoms with Crippen molar-refractivity contribution in [2.45, 2.75) is 25.5 Å². The molecule has 2 amide bonds. The van der Waals surface area contributed by atoms with E-state index in [0.717, 1.165) is 54.1 Å². The Labute approximate surface area is 232 Å². The Bertz CT molecular complexity index is 1500. The first-order chi connectivity index (χ1) is 19.0. The zero-order valence-corrected chi connectivity index (χ0v) is 22.3. The lowest BCUT2D eigenvalue weighted by Crippen LogP contribution is -2.40. The molecule has 4 aromatic rings. The minimum Gasteiger partial charge on any atom is -0.393 e. The number of halogens is 1. The minimum atomic E-state index is -0.199. The van der Waals surface area contributed by atoms with Crippen LogP contribution in [-0.2, 0) is 6.54 Å². The van der Waals surface area contributed by atoms with Gasteiger partial charge >= 0.3 is 6.03 Å². The molecule has 0 atom stereocenters. The van der Waals surface area contributed by atoms with Crippen LogP contribution >= 0.6 is 11.6 Å². The lowest BCUT2D eigenvalue weighted by atomic mass is 10.1. The lowest BCUT2D eigenvalue weighted by Gasteiger charge is -2.31. The molecule has 0 unspecified atom stereocenters. The van der Waals surface area contributed by atoms with Gasteiger partial charge < -0.3 is 15.3 Å². The molecule has 0 saturated carbocycles. The molecule has 1 fully saturated rings. The third-order valence-electron chi connectivity index (χ3n) is 7.34. The van der Waals surface area contributed by atoms with Gasteiger partial charge in [-0.25, -0.2) is 14.8 Å². The highest BCUT2D eigenvalue weighted by Crippen LogP contribution is 2.40. The van der Waals surface area contributed by atoms with E-state index in [0.29, 0.717) is 28.9 Å². The molecule has 2 N–H and O–H groups in total. The normalized spacial score (nSPS) is 15.6. The molecular weight excluding hydrogens is 512 g/mol. The van der Waals surface area contributed by atoms with Crippen molar-refractivity contribution in [2.75, 3.05) is 40.2 Å². The largest absolute Gasteiger partial charge is 0.393 e. The number of hydrogen-bond acceptors (Lipinski definition) is 6. The summed E-state index contributed by atoms with van der Waals surface area (Å²) in [6, 6.07) is 23.3. The molecule has 3 aromatic carbocycles. The van der Waals surface area contributed by atoms with Gasteiger partial charge in [0.2, 0.25) is 5.95 Å². The van der Waals surface area contributed by atoms with E-state index in [1.54, 1.807) is 23.0 Å². The SMILES string of the molecule is CN1C(=O)N(Cc2ccccc2Cl)c2ccccc2-c2nc(Nc3ccc(N4CCC(O)CC4)cc3)ncc21. The number of aromatic nitrogens is 2. The predicted octanol–water partition coefficient (Wildman–Crippen LogP) is 6.08. The summed E-state index contributed by atoms with van der Waals surface area (Å²) in [5.41, 5.74) is 5.75. The molecule has 0 aliphatic carbocycles. The number of hydrogen-bond donors (Lipinski definition) is 2. The number of carbonyl (C=O) groups excluding carboxylic acids is 1. The van der Waals surface area contributed by atoms with Crippen LogP contribution in [0.5, 0.6) is 0 Å². The van der Waals surface area contributed by atoms with Crippen LogP contribution in [0.15, 0.2) is 79.0 Å². The Morgan fingerprint density at radius 3 is 2.46 bits per heavy atom. The summed E-state index contributed by atoms with van der Waals surface area (Å²) >= 11 is 6.45. The number of nitrogens with one attached hydrogen (secondary N) is 1. The van der Waals surface area contributed by atoms with E-state index in [1.807, 2.05) is 60.7 Å². The van der Waals surface area contributed by atoms with Gasteiger partial charge in [-0.05, 0) is 54.8 Å². The topological polar surface area (TPSA) is 84.8 Å². The quantitative estimate of drug-likeness (QED) is 0.319. The maximum Gasteiger partial charge on any atom is 0.329 e. The number of aliphatic hydroxyl groups is 1. The number of benzene rings is 3. The van der Waals surface area contributed by atoms with Gasteiger partial charge in [0.05, 0.1) is 30.2 Å². The average Bonchev–Trinajstić information content (AvgIpc) is 3.04. The van der Waals surface area contributed by atoms with Crippen molar-refractivity contribution >= 4 is 46.3 Å². The molecule has 9 heteroatoms. The molecule has 2 aliphatic heterocycles. The number of urea groups is 1. The summed E-state index contributed by atoms with van der Waals surface area (Å²) < 4.78 is 0. The van der Waals surface area contributed by atoms with Crippen LogP contribution in [0.1, 0.15) is 18.4 Å². The van der Waals surface area contributed by atoms with Crippen molar-refractivity contribution in [1.82, 2.24) is 9.97 Å². The van der Waals surface area contributed by atoms with Crippen LogP contribution < -0.4 is 20.0 Å². The molecule has 198 valence electrons. The molecule has 39 heavy (non-hydrogen) atoms. The first-order valence-electron chi connectivity index (χ1n) is 13.0. The number of rotatable bonds is 5. The molecule has 0 radical (unpaired) electrons. The summed E-state index contributed by atoms with van der Waals surface area (Å²) in [5, 5.41) is 13.7. The van der Waals surface area contributed by atoms with E-state index in [1.165, 1.54) is 0 Å². The Morgan fingerprint density at radius 2 is 1.69 bits per heavy atom. The van der Waals surface area contributed by atoms with Crippen LogP contribution in [0, 0.1) is 0 Å². The number of aliphatic hydroxyl groups excluding tert-OH is 1. The van der Waals surface area contributed by atoms with Crippen LogP contribution in [0.3, 0.4) is 0 Å².